The third kappa shape index (κ3) is 3.84. The molecule has 20 heavy (non-hydrogen) atoms. The topological polar surface area (TPSA) is 62.8 Å². The number of hydrogen-bond donors (Lipinski definition) is 2. The number of nitrogens with two attached hydrogens (primary N) is 1. The highest BCUT2D eigenvalue weighted by molar-refractivity contribution is 7.98. The van der Waals surface area contributed by atoms with E-state index in [4.69, 9.17) is 11.1 Å². The van der Waals surface area contributed by atoms with E-state index >= 15 is 0 Å². The van der Waals surface area contributed by atoms with Crippen LogP contribution in [0.15, 0.2) is 47.5 Å². The molecule has 4 heteroatoms. The van der Waals surface area contributed by atoms with E-state index < -0.39 is 0 Å². The summed E-state index contributed by atoms with van der Waals surface area (Å²) in [5.41, 5.74) is 8.48. The highest BCUT2D eigenvalue weighted by Gasteiger charge is 2.02. The molecule has 0 unspecified atom stereocenters. The maximum atomic E-state index is 7.40. The van der Waals surface area contributed by atoms with E-state index in [9.17, 15) is 0 Å². The Labute approximate surface area is 124 Å². The lowest BCUT2D eigenvalue weighted by atomic mass is 10.0. The Morgan fingerprint density at radius 1 is 1.25 bits per heavy atom. The predicted octanol–water partition coefficient (Wildman–Crippen LogP) is 3.78. The van der Waals surface area contributed by atoms with E-state index in [1.165, 1.54) is 10.5 Å². The summed E-state index contributed by atoms with van der Waals surface area (Å²) in [6.45, 7) is 4.39. The summed E-state index contributed by atoms with van der Waals surface area (Å²) < 4.78 is 0. The molecular formula is C16H19N3S. The first kappa shape index (κ1) is 14.6. The molecule has 1 heterocycles. The molecule has 2 aromatic rings. The molecule has 0 saturated carbocycles. The van der Waals surface area contributed by atoms with Gasteiger partial charge in [0.25, 0.3) is 0 Å². The van der Waals surface area contributed by atoms with Gasteiger partial charge in [-0.05, 0) is 41.3 Å². The minimum atomic E-state index is 0.0122. The summed E-state index contributed by atoms with van der Waals surface area (Å²) in [5.74, 6) is 1.43. The highest BCUT2D eigenvalue weighted by atomic mass is 32.2. The first-order valence-corrected chi connectivity index (χ1v) is 7.57. The lowest BCUT2D eigenvalue weighted by Crippen LogP contribution is -2.13. The SMILES string of the molecule is CC(C)c1ccc(SCc2ccnc(C(=N)N)c2)cc1. The van der Waals surface area contributed by atoms with Gasteiger partial charge in [0.05, 0.1) is 0 Å². The van der Waals surface area contributed by atoms with Gasteiger partial charge in [0, 0.05) is 16.8 Å². The first-order chi connectivity index (χ1) is 9.56. The molecule has 104 valence electrons. The van der Waals surface area contributed by atoms with Crippen molar-refractivity contribution in [3.8, 4) is 0 Å². The fraction of sp³-hybridized carbons (Fsp3) is 0.250. The number of aromatic nitrogens is 1. The second kappa shape index (κ2) is 6.57. The number of hydrogen-bond acceptors (Lipinski definition) is 3. The third-order valence-electron chi connectivity index (χ3n) is 3.05. The van der Waals surface area contributed by atoms with Gasteiger partial charge in [-0.25, -0.2) is 0 Å². The van der Waals surface area contributed by atoms with Crippen molar-refractivity contribution in [2.75, 3.05) is 0 Å². The minimum absolute atomic E-state index is 0.0122. The van der Waals surface area contributed by atoms with Crippen LogP contribution in [0, 0.1) is 5.41 Å². The number of thioether (sulfide) groups is 1. The monoisotopic (exact) mass is 285 g/mol. The average molecular weight is 285 g/mol. The Morgan fingerprint density at radius 3 is 2.55 bits per heavy atom. The Kier molecular flexibility index (Phi) is 4.79. The zero-order valence-corrected chi connectivity index (χ0v) is 12.6. The van der Waals surface area contributed by atoms with Gasteiger partial charge in [-0.2, -0.15) is 0 Å². The average Bonchev–Trinajstić information content (AvgIpc) is 2.46. The molecule has 0 aliphatic carbocycles. The highest BCUT2D eigenvalue weighted by Crippen LogP contribution is 2.25. The second-order valence-corrected chi connectivity index (χ2v) is 6.02. The lowest BCUT2D eigenvalue weighted by molar-refractivity contribution is 0.865. The minimum Gasteiger partial charge on any atom is -0.382 e. The Hall–Kier alpha value is -1.81. The molecule has 0 atom stereocenters. The molecule has 1 aromatic heterocycles. The Morgan fingerprint density at radius 2 is 1.95 bits per heavy atom. The van der Waals surface area contributed by atoms with Crippen LogP contribution in [-0.4, -0.2) is 10.8 Å². The maximum Gasteiger partial charge on any atom is 0.141 e. The lowest BCUT2D eigenvalue weighted by Gasteiger charge is -2.07. The summed E-state index contributed by atoms with van der Waals surface area (Å²) in [6, 6.07) is 12.5. The molecule has 0 aliphatic rings. The molecule has 2 rings (SSSR count). The number of nitrogens with zero attached hydrogens (tertiary/aromatic N) is 1. The van der Waals surface area contributed by atoms with Crippen LogP contribution >= 0.6 is 11.8 Å². The van der Waals surface area contributed by atoms with Gasteiger partial charge in [0.1, 0.15) is 11.5 Å². The van der Waals surface area contributed by atoms with E-state index in [0.29, 0.717) is 11.6 Å². The van der Waals surface area contributed by atoms with Crippen LogP contribution in [0.5, 0.6) is 0 Å². The maximum absolute atomic E-state index is 7.40. The van der Waals surface area contributed by atoms with Gasteiger partial charge < -0.3 is 5.73 Å². The van der Waals surface area contributed by atoms with Gasteiger partial charge in [-0.15, -0.1) is 11.8 Å². The number of benzene rings is 1. The van der Waals surface area contributed by atoms with Crippen molar-refractivity contribution < 1.29 is 0 Å². The molecule has 0 fully saturated rings. The van der Waals surface area contributed by atoms with Gasteiger partial charge in [-0.1, -0.05) is 26.0 Å². The van der Waals surface area contributed by atoms with Gasteiger partial charge in [0.15, 0.2) is 0 Å². The van der Waals surface area contributed by atoms with E-state index in [0.717, 1.165) is 11.3 Å². The normalized spacial score (nSPS) is 10.8. The number of pyridine rings is 1. The van der Waals surface area contributed by atoms with Crippen LogP contribution < -0.4 is 5.73 Å². The number of rotatable bonds is 5. The summed E-state index contributed by atoms with van der Waals surface area (Å²) >= 11 is 1.78. The smallest absolute Gasteiger partial charge is 0.141 e. The Balaban J connectivity index is 2.01. The van der Waals surface area contributed by atoms with Gasteiger partial charge in [0.2, 0.25) is 0 Å². The number of nitrogens with one attached hydrogen (secondary N) is 1. The summed E-state index contributed by atoms with van der Waals surface area (Å²) in [7, 11) is 0. The van der Waals surface area contributed by atoms with E-state index in [1.54, 1.807) is 18.0 Å². The van der Waals surface area contributed by atoms with Crippen molar-refractivity contribution in [2.45, 2.75) is 30.4 Å². The largest absolute Gasteiger partial charge is 0.382 e. The molecule has 3 nitrogen and oxygen atoms in total. The molecule has 0 radical (unpaired) electrons. The van der Waals surface area contributed by atoms with Crippen molar-refractivity contribution in [1.82, 2.24) is 4.98 Å². The number of amidine groups is 1. The molecule has 0 saturated heterocycles. The standard InChI is InChI=1S/C16H19N3S/c1-11(2)13-3-5-14(6-4-13)20-10-12-7-8-19-15(9-12)16(17)18/h3-9,11H,10H2,1-2H3,(H3,17,18). The van der Waals surface area contributed by atoms with Crippen LogP contribution in [-0.2, 0) is 5.75 Å². The van der Waals surface area contributed by atoms with Gasteiger partial charge in [-0.3, -0.25) is 10.4 Å². The fourth-order valence-corrected chi connectivity index (χ4v) is 2.67. The Bertz CT molecular complexity index is 591. The quantitative estimate of drug-likeness (QED) is 0.499. The molecular weight excluding hydrogens is 266 g/mol. The summed E-state index contributed by atoms with van der Waals surface area (Å²) in [4.78, 5) is 5.31. The first-order valence-electron chi connectivity index (χ1n) is 6.58. The van der Waals surface area contributed by atoms with Crippen LogP contribution in [0.3, 0.4) is 0 Å². The van der Waals surface area contributed by atoms with Crippen LogP contribution in [0.25, 0.3) is 0 Å². The van der Waals surface area contributed by atoms with E-state index in [-0.39, 0.29) is 5.84 Å². The molecule has 0 spiro atoms. The summed E-state index contributed by atoms with van der Waals surface area (Å²) in [5, 5.41) is 7.40. The van der Waals surface area contributed by atoms with Crippen molar-refractivity contribution in [1.29, 1.82) is 5.41 Å². The van der Waals surface area contributed by atoms with Crippen molar-refractivity contribution in [2.24, 2.45) is 5.73 Å². The molecule has 0 aliphatic heterocycles. The van der Waals surface area contributed by atoms with Crippen molar-refractivity contribution in [3.63, 3.8) is 0 Å². The molecule has 0 amide bonds. The van der Waals surface area contributed by atoms with E-state index in [2.05, 4.69) is 43.1 Å². The second-order valence-electron chi connectivity index (χ2n) is 4.98. The zero-order valence-electron chi connectivity index (χ0n) is 11.8. The third-order valence-corrected chi connectivity index (χ3v) is 4.14. The fourth-order valence-electron chi connectivity index (χ4n) is 1.83. The number of nitrogen functional groups attached to an aromatic ring is 1. The van der Waals surface area contributed by atoms with E-state index in [1.807, 2.05) is 12.1 Å². The summed E-state index contributed by atoms with van der Waals surface area (Å²) in [6.07, 6.45) is 1.70. The van der Waals surface area contributed by atoms with Crippen LogP contribution in [0.1, 0.15) is 36.6 Å². The van der Waals surface area contributed by atoms with Crippen LogP contribution in [0.4, 0.5) is 0 Å². The molecule has 0 bridgehead atoms. The van der Waals surface area contributed by atoms with Crippen molar-refractivity contribution in [3.05, 3.63) is 59.4 Å². The van der Waals surface area contributed by atoms with Gasteiger partial charge >= 0.3 is 0 Å². The van der Waals surface area contributed by atoms with Crippen molar-refractivity contribution >= 4 is 17.6 Å². The molecule has 3 N–H and O–H groups in total. The molecule has 1 aromatic carbocycles. The zero-order chi connectivity index (χ0) is 14.5. The predicted molar refractivity (Wildman–Crippen MR) is 85.3 cm³/mol. The van der Waals surface area contributed by atoms with Crippen LogP contribution in [0.2, 0.25) is 0 Å².